The molecular formula is C28H22F3N5S2. The van der Waals surface area contributed by atoms with E-state index in [1.165, 1.54) is 12.1 Å². The summed E-state index contributed by atoms with van der Waals surface area (Å²) >= 11 is 5.25. The van der Waals surface area contributed by atoms with Crippen LogP contribution in [0.5, 0.6) is 0 Å². The average molecular weight is 550 g/mol. The maximum atomic E-state index is 12.6. The van der Waals surface area contributed by atoms with E-state index in [1.807, 2.05) is 66.9 Å². The Balaban J connectivity index is 1.32. The Morgan fingerprint density at radius 1 is 1.03 bits per heavy atom. The Labute approximate surface area is 226 Å². The first-order chi connectivity index (χ1) is 18.2. The van der Waals surface area contributed by atoms with Crippen LogP contribution in [-0.4, -0.2) is 26.2 Å². The van der Waals surface area contributed by atoms with Gasteiger partial charge in [0.1, 0.15) is 5.65 Å². The van der Waals surface area contributed by atoms with E-state index in [-0.39, 0.29) is 16.7 Å². The Morgan fingerprint density at radius 2 is 1.76 bits per heavy atom. The molecule has 0 saturated heterocycles. The molecule has 0 radical (unpaired) electrons. The van der Waals surface area contributed by atoms with Crippen LogP contribution in [0.1, 0.15) is 16.7 Å². The summed E-state index contributed by atoms with van der Waals surface area (Å²) in [5.41, 5.74) is 4.92. The number of thiocarbonyl (C=S) groups is 1. The number of hydrogen-bond donors (Lipinski definition) is 2. The molecule has 10 heteroatoms. The van der Waals surface area contributed by atoms with E-state index in [0.717, 1.165) is 50.1 Å². The highest BCUT2D eigenvalue weighted by Gasteiger charge is 2.29. The second-order valence-corrected chi connectivity index (χ2v) is 10.2. The summed E-state index contributed by atoms with van der Waals surface area (Å²) in [5, 5.41) is 9.78. The van der Waals surface area contributed by atoms with Crippen molar-refractivity contribution in [2.75, 3.05) is 5.32 Å². The van der Waals surface area contributed by atoms with Crippen LogP contribution < -0.4 is 10.7 Å². The third-order valence-electron chi connectivity index (χ3n) is 6.00. The van der Waals surface area contributed by atoms with E-state index in [4.69, 9.17) is 12.2 Å². The van der Waals surface area contributed by atoms with Crippen molar-refractivity contribution in [1.82, 2.24) is 14.8 Å². The molecule has 0 saturated carbocycles. The molecule has 5 nitrogen and oxygen atoms in total. The van der Waals surface area contributed by atoms with Crippen molar-refractivity contribution in [2.24, 2.45) is 5.10 Å². The van der Waals surface area contributed by atoms with Crippen LogP contribution in [0.2, 0.25) is 0 Å². The zero-order valence-corrected chi connectivity index (χ0v) is 22.0. The second kappa shape index (κ2) is 10.5. The molecule has 5 rings (SSSR count). The number of aryl methyl sites for hydroxylation is 2. The molecular weight excluding hydrogens is 527 g/mol. The summed E-state index contributed by atoms with van der Waals surface area (Å²) in [4.78, 5) is 4.72. The van der Waals surface area contributed by atoms with Gasteiger partial charge in [0.15, 0.2) is 5.11 Å². The normalized spacial score (nSPS) is 11.9. The molecule has 3 aromatic carbocycles. The van der Waals surface area contributed by atoms with Crippen molar-refractivity contribution in [2.45, 2.75) is 24.3 Å². The molecule has 0 atom stereocenters. The Hall–Kier alpha value is -3.89. The number of alkyl halides is 3. The summed E-state index contributed by atoms with van der Waals surface area (Å²) in [6.07, 6.45) is 5.32. The summed E-state index contributed by atoms with van der Waals surface area (Å²) in [7, 11) is 0. The van der Waals surface area contributed by atoms with Crippen LogP contribution in [0, 0.1) is 13.8 Å². The number of rotatable bonds is 5. The molecule has 192 valence electrons. The molecule has 2 N–H and O–H groups in total. The van der Waals surface area contributed by atoms with E-state index in [0.29, 0.717) is 5.11 Å². The second-order valence-electron chi connectivity index (χ2n) is 8.66. The van der Waals surface area contributed by atoms with Gasteiger partial charge >= 0.3 is 5.51 Å². The van der Waals surface area contributed by atoms with E-state index in [2.05, 4.69) is 20.8 Å². The van der Waals surface area contributed by atoms with Gasteiger partial charge in [0.2, 0.25) is 0 Å². The highest BCUT2D eigenvalue weighted by molar-refractivity contribution is 8.00. The number of pyridine rings is 1. The van der Waals surface area contributed by atoms with Gasteiger partial charge in [-0.15, -0.1) is 0 Å². The highest BCUT2D eigenvalue weighted by atomic mass is 32.2. The first kappa shape index (κ1) is 25.7. The van der Waals surface area contributed by atoms with Crippen molar-refractivity contribution in [3.05, 3.63) is 95.8 Å². The van der Waals surface area contributed by atoms with Crippen molar-refractivity contribution >= 4 is 57.4 Å². The van der Waals surface area contributed by atoms with Crippen LogP contribution in [0.15, 0.2) is 89.1 Å². The number of hydrazone groups is 1. The maximum absolute atomic E-state index is 12.6. The zero-order chi connectivity index (χ0) is 26.9. The number of halogens is 3. The van der Waals surface area contributed by atoms with E-state index in [1.54, 1.807) is 24.5 Å². The van der Waals surface area contributed by atoms with Crippen molar-refractivity contribution in [1.29, 1.82) is 0 Å². The smallest absolute Gasteiger partial charge is 0.331 e. The summed E-state index contributed by atoms with van der Waals surface area (Å²) in [6, 6.07) is 20.2. The van der Waals surface area contributed by atoms with Crippen molar-refractivity contribution < 1.29 is 13.2 Å². The predicted octanol–water partition coefficient (Wildman–Crippen LogP) is 7.70. The summed E-state index contributed by atoms with van der Waals surface area (Å²) in [5.74, 6) is 0. The highest BCUT2D eigenvalue weighted by Crippen LogP contribution is 2.37. The van der Waals surface area contributed by atoms with Crippen LogP contribution >= 0.6 is 24.0 Å². The standard InChI is InChI=1S/C28H22F3N5S2/c1-17-4-3-5-18(2)25(17)34-27(37)35-33-15-19-6-11-23-21(14-19)12-13-36-24(16-32-26(23)36)20-7-9-22(10-8-20)38-28(29,30)31/h3-16H,1-2H3,(H2,34,35,37). The number of fused-ring (bicyclic) bond motifs is 3. The largest absolute Gasteiger partial charge is 0.446 e. The fourth-order valence-electron chi connectivity index (χ4n) is 4.23. The van der Waals surface area contributed by atoms with Crippen LogP contribution in [0.3, 0.4) is 0 Å². The number of hydrogen-bond acceptors (Lipinski definition) is 4. The van der Waals surface area contributed by atoms with Gasteiger partial charge in [-0.05, 0) is 90.2 Å². The predicted molar refractivity (Wildman–Crippen MR) is 153 cm³/mol. The number of nitrogens with zero attached hydrogens (tertiary/aromatic N) is 3. The lowest BCUT2D eigenvalue weighted by molar-refractivity contribution is -0.0328. The van der Waals surface area contributed by atoms with Gasteiger partial charge in [-0.1, -0.05) is 36.4 Å². The minimum atomic E-state index is -4.31. The quantitative estimate of drug-likeness (QED) is 0.102. The first-order valence-corrected chi connectivity index (χ1v) is 12.8. The number of thioether (sulfide) groups is 1. The lowest BCUT2D eigenvalue weighted by atomic mass is 10.1. The molecule has 0 aliphatic heterocycles. The van der Waals surface area contributed by atoms with Gasteiger partial charge in [0.05, 0.1) is 18.1 Å². The lowest BCUT2D eigenvalue weighted by Gasteiger charge is -2.12. The molecule has 0 fully saturated rings. The number of benzene rings is 3. The molecule has 0 amide bonds. The fourth-order valence-corrected chi connectivity index (χ4v) is 4.92. The monoisotopic (exact) mass is 549 g/mol. The van der Waals surface area contributed by atoms with Crippen LogP contribution in [0.25, 0.3) is 27.7 Å². The van der Waals surface area contributed by atoms with Gasteiger partial charge in [0, 0.05) is 27.7 Å². The maximum Gasteiger partial charge on any atom is 0.446 e. The molecule has 5 aromatic rings. The first-order valence-electron chi connectivity index (χ1n) is 11.6. The third-order valence-corrected chi connectivity index (χ3v) is 6.93. The van der Waals surface area contributed by atoms with Crippen molar-refractivity contribution in [3.8, 4) is 11.3 Å². The van der Waals surface area contributed by atoms with Gasteiger partial charge in [-0.25, -0.2) is 4.98 Å². The molecule has 0 unspecified atom stereocenters. The minimum absolute atomic E-state index is 0.126. The number of imidazole rings is 1. The molecule has 0 bridgehead atoms. The topological polar surface area (TPSA) is 53.7 Å². The Morgan fingerprint density at radius 3 is 2.47 bits per heavy atom. The lowest BCUT2D eigenvalue weighted by Crippen LogP contribution is -2.24. The van der Waals surface area contributed by atoms with E-state index in [9.17, 15) is 13.2 Å². The molecule has 2 heterocycles. The molecule has 0 aliphatic rings. The number of anilines is 1. The molecule has 38 heavy (non-hydrogen) atoms. The zero-order valence-electron chi connectivity index (χ0n) is 20.4. The average Bonchev–Trinajstić information content (AvgIpc) is 3.30. The summed E-state index contributed by atoms with van der Waals surface area (Å²) < 4.78 is 39.9. The van der Waals surface area contributed by atoms with Gasteiger partial charge in [0.25, 0.3) is 0 Å². The van der Waals surface area contributed by atoms with Gasteiger partial charge in [-0.3, -0.25) is 9.83 Å². The summed E-state index contributed by atoms with van der Waals surface area (Å²) in [6.45, 7) is 4.03. The van der Waals surface area contributed by atoms with Gasteiger partial charge in [-0.2, -0.15) is 18.3 Å². The SMILES string of the molecule is Cc1cccc(C)c1NC(=S)NN=Cc1ccc2c(ccn3c(-c4ccc(SC(F)(F)F)cc4)cnc23)c1. The number of para-hydroxylation sites is 1. The Bertz CT molecular complexity index is 1650. The van der Waals surface area contributed by atoms with E-state index >= 15 is 0 Å². The van der Waals surface area contributed by atoms with E-state index < -0.39 is 5.51 Å². The molecule has 2 aromatic heterocycles. The van der Waals surface area contributed by atoms with Crippen LogP contribution in [-0.2, 0) is 0 Å². The Kier molecular flexibility index (Phi) is 7.09. The fraction of sp³-hybridized carbons (Fsp3) is 0.107. The minimum Gasteiger partial charge on any atom is -0.331 e. The molecule has 0 spiro atoms. The number of nitrogens with one attached hydrogen (secondary N) is 2. The van der Waals surface area contributed by atoms with Crippen molar-refractivity contribution in [3.63, 3.8) is 0 Å². The number of aromatic nitrogens is 2. The third kappa shape index (κ3) is 5.66. The van der Waals surface area contributed by atoms with Gasteiger partial charge < -0.3 is 5.32 Å². The van der Waals surface area contributed by atoms with Crippen LogP contribution in [0.4, 0.5) is 18.9 Å². The molecule has 0 aliphatic carbocycles.